The Kier molecular flexibility index (Phi) is 5.52. The lowest BCUT2D eigenvalue weighted by atomic mass is 9.87. The Labute approximate surface area is 194 Å². The van der Waals surface area contributed by atoms with E-state index in [0.717, 1.165) is 6.07 Å². The SMILES string of the molecule is Cc1cc2cc(C(O)(C(F)(F)F)C(F)(F)F)ccc2n1C(C)(c1cocn1)c1ccccc1Cl. The molecular formula is C23H17ClF6N2O2. The summed E-state index contributed by atoms with van der Waals surface area (Å²) in [6, 6.07) is 10.7. The number of aliphatic hydroxyl groups is 1. The Hall–Kier alpha value is -2.98. The Bertz CT molecular complexity index is 1330. The zero-order valence-corrected chi connectivity index (χ0v) is 18.4. The van der Waals surface area contributed by atoms with Gasteiger partial charge in [-0.1, -0.05) is 35.9 Å². The standard InChI is InChI=1S/C23H17ClF6N2O2/c1-13-9-14-10-15(21(33,22(25,26)27)23(28,29)30)7-8-18(14)32(13)20(2,19-11-34-12-31-19)16-5-3-4-6-17(16)24/h3-12,33H,1-2H3. The maximum atomic E-state index is 13.4. The fraction of sp³-hybridized carbons (Fsp3) is 0.261. The third-order valence-corrected chi connectivity index (χ3v) is 6.33. The van der Waals surface area contributed by atoms with Gasteiger partial charge in [-0.25, -0.2) is 4.98 Å². The highest BCUT2D eigenvalue weighted by Gasteiger charge is 2.71. The zero-order chi connectivity index (χ0) is 25.1. The largest absolute Gasteiger partial charge is 0.451 e. The minimum absolute atomic E-state index is 0.0590. The molecule has 11 heteroatoms. The zero-order valence-electron chi connectivity index (χ0n) is 17.7. The molecule has 2 aromatic carbocycles. The number of fused-ring (bicyclic) bond motifs is 1. The van der Waals surface area contributed by atoms with Crippen LogP contribution in [-0.2, 0) is 11.1 Å². The number of benzene rings is 2. The van der Waals surface area contributed by atoms with Crippen LogP contribution in [0.3, 0.4) is 0 Å². The summed E-state index contributed by atoms with van der Waals surface area (Å²) in [4.78, 5) is 4.25. The molecule has 0 aliphatic carbocycles. The summed E-state index contributed by atoms with van der Waals surface area (Å²) in [5, 5.41) is 10.2. The lowest BCUT2D eigenvalue weighted by Gasteiger charge is -2.34. The maximum absolute atomic E-state index is 13.4. The number of halogens is 7. The summed E-state index contributed by atoms with van der Waals surface area (Å²) >= 11 is 6.48. The van der Waals surface area contributed by atoms with Crippen LogP contribution in [-0.4, -0.2) is 27.0 Å². The smallest absolute Gasteiger partial charge is 0.430 e. The number of aryl methyl sites for hydroxylation is 1. The summed E-state index contributed by atoms with van der Waals surface area (Å²) in [7, 11) is 0. The predicted octanol–water partition coefficient (Wildman–Crippen LogP) is 6.72. The van der Waals surface area contributed by atoms with Crippen molar-refractivity contribution in [1.82, 2.24) is 9.55 Å². The summed E-state index contributed by atoms with van der Waals surface area (Å²) in [6.07, 6.45) is -9.38. The summed E-state index contributed by atoms with van der Waals surface area (Å²) in [5.41, 5.74) is -5.70. The van der Waals surface area contributed by atoms with E-state index in [-0.39, 0.29) is 5.39 Å². The van der Waals surface area contributed by atoms with Gasteiger partial charge in [0.2, 0.25) is 0 Å². The van der Waals surface area contributed by atoms with Crippen molar-refractivity contribution in [1.29, 1.82) is 0 Å². The van der Waals surface area contributed by atoms with Gasteiger partial charge in [-0.3, -0.25) is 0 Å². The van der Waals surface area contributed by atoms with Crippen molar-refractivity contribution in [3.63, 3.8) is 0 Å². The van der Waals surface area contributed by atoms with Crippen LogP contribution in [0.4, 0.5) is 26.3 Å². The van der Waals surface area contributed by atoms with E-state index in [1.807, 2.05) is 0 Å². The Balaban J connectivity index is 2.01. The van der Waals surface area contributed by atoms with Crippen LogP contribution in [0.2, 0.25) is 5.02 Å². The average Bonchev–Trinajstić information content (AvgIpc) is 3.38. The molecule has 0 aliphatic rings. The monoisotopic (exact) mass is 502 g/mol. The van der Waals surface area contributed by atoms with Gasteiger partial charge in [-0.2, -0.15) is 26.3 Å². The number of nitrogens with zero attached hydrogens (tertiary/aromatic N) is 2. The molecule has 0 aliphatic heterocycles. The van der Waals surface area contributed by atoms with E-state index < -0.39 is 29.1 Å². The fourth-order valence-electron chi connectivity index (χ4n) is 4.34. The Morgan fingerprint density at radius 1 is 0.971 bits per heavy atom. The Morgan fingerprint density at radius 3 is 2.18 bits per heavy atom. The van der Waals surface area contributed by atoms with Gasteiger partial charge >= 0.3 is 12.4 Å². The first-order chi connectivity index (χ1) is 15.7. The van der Waals surface area contributed by atoms with Crippen LogP contribution in [0.25, 0.3) is 10.9 Å². The molecule has 0 radical (unpaired) electrons. The van der Waals surface area contributed by atoms with Gasteiger partial charge in [0.15, 0.2) is 6.39 Å². The average molecular weight is 503 g/mol. The number of alkyl halides is 6. The van der Waals surface area contributed by atoms with Crippen LogP contribution in [0.15, 0.2) is 65.6 Å². The van der Waals surface area contributed by atoms with Gasteiger partial charge in [0.25, 0.3) is 5.60 Å². The first-order valence-electron chi connectivity index (χ1n) is 9.85. The maximum Gasteiger partial charge on any atom is 0.430 e. The molecule has 4 aromatic rings. The molecule has 1 atom stereocenters. The minimum Gasteiger partial charge on any atom is -0.451 e. The minimum atomic E-state index is -5.98. The molecule has 0 saturated carbocycles. The number of oxazole rings is 1. The molecule has 2 aromatic heterocycles. The molecule has 0 amide bonds. The highest BCUT2D eigenvalue weighted by Crippen LogP contribution is 2.51. The van der Waals surface area contributed by atoms with Gasteiger partial charge in [-0.05, 0) is 38.1 Å². The number of aromatic nitrogens is 2. The molecule has 4 rings (SSSR count). The van der Waals surface area contributed by atoms with Crippen LogP contribution >= 0.6 is 11.6 Å². The van der Waals surface area contributed by atoms with E-state index >= 15 is 0 Å². The molecule has 0 spiro atoms. The molecular weight excluding hydrogens is 486 g/mol. The van der Waals surface area contributed by atoms with Crippen molar-refractivity contribution in [2.24, 2.45) is 0 Å². The molecule has 0 fully saturated rings. The molecule has 1 N–H and O–H groups in total. The molecule has 0 bridgehead atoms. The quantitative estimate of drug-likeness (QED) is 0.315. The molecule has 34 heavy (non-hydrogen) atoms. The van der Waals surface area contributed by atoms with Crippen molar-refractivity contribution < 1.29 is 35.9 Å². The van der Waals surface area contributed by atoms with E-state index in [1.165, 1.54) is 18.7 Å². The summed E-state index contributed by atoms with van der Waals surface area (Å²) in [5.74, 6) is 0. The van der Waals surface area contributed by atoms with E-state index in [9.17, 15) is 31.4 Å². The number of rotatable bonds is 4. The highest BCUT2D eigenvalue weighted by atomic mass is 35.5. The first-order valence-corrected chi connectivity index (χ1v) is 10.2. The van der Waals surface area contributed by atoms with Crippen molar-refractivity contribution in [2.45, 2.75) is 37.3 Å². The molecule has 180 valence electrons. The molecule has 2 heterocycles. The topological polar surface area (TPSA) is 51.2 Å². The van der Waals surface area contributed by atoms with Crippen LogP contribution < -0.4 is 0 Å². The second-order valence-corrected chi connectivity index (χ2v) is 8.43. The molecule has 4 nitrogen and oxygen atoms in total. The highest BCUT2D eigenvalue weighted by molar-refractivity contribution is 6.31. The van der Waals surface area contributed by atoms with E-state index in [1.54, 1.807) is 42.7 Å². The van der Waals surface area contributed by atoms with Gasteiger partial charge < -0.3 is 14.1 Å². The van der Waals surface area contributed by atoms with Crippen LogP contribution in [0, 0.1) is 6.92 Å². The summed E-state index contributed by atoms with van der Waals surface area (Å²) in [6.45, 7) is 3.41. The van der Waals surface area contributed by atoms with Gasteiger partial charge in [0.1, 0.15) is 17.5 Å². The second kappa shape index (κ2) is 7.78. The van der Waals surface area contributed by atoms with Crippen molar-refractivity contribution in [3.8, 4) is 0 Å². The lowest BCUT2D eigenvalue weighted by molar-refractivity contribution is -0.376. The second-order valence-electron chi connectivity index (χ2n) is 8.03. The van der Waals surface area contributed by atoms with Crippen molar-refractivity contribution >= 4 is 22.5 Å². The van der Waals surface area contributed by atoms with Gasteiger partial charge in [0.05, 0.1) is 0 Å². The number of hydrogen-bond donors (Lipinski definition) is 1. The van der Waals surface area contributed by atoms with Crippen LogP contribution in [0.1, 0.15) is 29.4 Å². The molecule has 1 unspecified atom stereocenters. The van der Waals surface area contributed by atoms with E-state index in [2.05, 4.69) is 4.98 Å². The van der Waals surface area contributed by atoms with Crippen molar-refractivity contribution in [2.75, 3.05) is 0 Å². The van der Waals surface area contributed by atoms with E-state index in [4.69, 9.17) is 16.0 Å². The van der Waals surface area contributed by atoms with Crippen molar-refractivity contribution in [3.05, 3.63) is 88.7 Å². The number of hydrogen-bond acceptors (Lipinski definition) is 3. The first kappa shape index (κ1) is 24.2. The van der Waals surface area contributed by atoms with E-state index in [0.29, 0.717) is 39.6 Å². The predicted molar refractivity (Wildman–Crippen MR) is 112 cm³/mol. The normalized spacial score (nSPS) is 15.0. The van der Waals surface area contributed by atoms with Gasteiger partial charge in [-0.15, -0.1) is 0 Å². The van der Waals surface area contributed by atoms with Gasteiger partial charge in [0, 0.05) is 32.7 Å². The summed E-state index contributed by atoms with van der Waals surface area (Å²) < 4.78 is 87.3. The third-order valence-electron chi connectivity index (χ3n) is 6.00. The lowest BCUT2D eigenvalue weighted by Crippen LogP contribution is -2.53. The third kappa shape index (κ3) is 3.39. The fourth-order valence-corrected chi connectivity index (χ4v) is 4.66. The van der Waals surface area contributed by atoms with Crippen LogP contribution in [0.5, 0.6) is 0 Å². The molecule has 0 saturated heterocycles. The Morgan fingerprint density at radius 2 is 1.62 bits per heavy atom.